The number of rotatable bonds is 5. The number of nitriles is 1. The molecule has 1 aromatic rings. The summed E-state index contributed by atoms with van der Waals surface area (Å²) in [7, 11) is 0. The van der Waals surface area contributed by atoms with E-state index in [2.05, 4.69) is 5.32 Å². The standard InChI is InChI=1S/C11H15N3O2S/c1-3-5-14-10-8(11(15)16-4-2)9(13)7(6-12)17-10/h14H,3-5,13H2,1-2H3. The van der Waals surface area contributed by atoms with Crippen LogP contribution in [0.3, 0.4) is 0 Å². The van der Waals surface area contributed by atoms with Crippen LogP contribution in [0.15, 0.2) is 0 Å². The molecule has 0 radical (unpaired) electrons. The van der Waals surface area contributed by atoms with Crippen molar-refractivity contribution in [1.29, 1.82) is 5.26 Å². The minimum absolute atomic E-state index is 0.203. The molecule has 1 aromatic heterocycles. The van der Waals surface area contributed by atoms with Crippen molar-refractivity contribution in [2.24, 2.45) is 0 Å². The van der Waals surface area contributed by atoms with Gasteiger partial charge in [0.15, 0.2) is 0 Å². The molecular weight excluding hydrogens is 238 g/mol. The normalized spacial score (nSPS) is 9.71. The predicted molar refractivity (Wildman–Crippen MR) is 68.2 cm³/mol. The van der Waals surface area contributed by atoms with Crippen LogP contribution in [-0.4, -0.2) is 19.1 Å². The Hall–Kier alpha value is -1.74. The highest BCUT2D eigenvalue weighted by Gasteiger charge is 2.22. The first-order chi connectivity index (χ1) is 8.15. The van der Waals surface area contributed by atoms with Crippen LogP contribution >= 0.6 is 11.3 Å². The molecule has 3 N–H and O–H groups in total. The average molecular weight is 253 g/mol. The molecule has 0 bridgehead atoms. The van der Waals surface area contributed by atoms with Gasteiger partial charge in [-0.15, -0.1) is 11.3 Å². The lowest BCUT2D eigenvalue weighted by molar-refractivity contribution is 0.0529. The Labute approximate surface area is 104 Å². The van der Waals surface area contributed by atoms with Crippen molar-refractivity contribution in [3.8, 4) is 6.07 Å². The van der Waals surface area contributed by atoms with E-state index in [0.29, 0.717) is 9.88 Å². The second-order valence-electron chi connectivity index (χ2n) is 3.31. The van der Waals surface area contributed by atoms with Crippen molar-refractivity contribution in [1.82, 2.24) is 0 Å². The number of esters is 1. The summed E-state index contributed by atoms with van der Waals surface area (Å²) in [6.07, 6.45) is 0.919. The highest BCUT2D eigenvalue weighted by Crippen LogP contribution is 2.35. The van der Waals surface area contributed by atoms with Gasteiger partial charge in [-0.3, -0.25) is 0 Å². The Morgan fingerprint density at radius 3 is 2.82 bits per heavy atom. The van der Waals surface area contributed by atoms with Crippen molar-refractivity contribution >= 4 is 28.0 Å². The summed E-state index contributed by atoms with van der Waals surface area (Å²) in [6, 6.07) is 1.98. The van der Waals surface area contributed by atoms with Crippen molar-refractivity contribution in [3.63, 3.8) is 0 Å². The van der Waals surface area contributed by atoms with E-state index in [1.165, 1.54) is 11.3 Å². The van der Waals surface area contributed by atoms with Crippen molar-refractivity contribution in [2.45, 2.75) is 20.3 Å². The quantitative estimate of drug-likeness (QED) is 0.785. The van der Waals surface area contributed by atoms with Gasteiger partial charge in [-0.1, -0.05) is 6.92 Å². The molecule has 0 spiro atoms. The van der Waals surface area contributed by atoms with Crippen LogP contribution in [-0.2, 0) is 4.74 Å². The largest absolute Gasteiger partial charge is 0.462 e. The lowest BCUT2D eigenvalue weighted by atomic mass is 10.2. The zero-order valence-electron chi connectivity index (χ0n) is 9.87. The second-order valence-corrected chi connectivity index (χ2v) is 4.33. The maximum atomic E-state index is 11.7. The molecule has 1 heterocycles. The van der Waals surface area contributed by atoms with E-state index in [0.717, 1.165) is 13.0 Å². The number of hydrogen-bond donors (Lipinski definition) is 2. The summed E-state index contributed by atoms with van der Waals surface area (Å²) in [5.41, 5.74) is 6.25. The van der Waals surface area contributed by atoms with Gasteiger partial charge in [0.2, 0.25) is 0 Å². The Morgan fingerprint density at radius 1 is 1.59 bits per heavy atom. The molecule has 0 atom stereocenters. The van der Waals surface area contributed by atoms with E-state index in [1.54, 1.807) is 6.92 Å². The monoisotopic (exact) mass is 253 g/mol. The van der Waals surface area contributed by atoms with E-state index < -0.39 is 5.97 Å². The summed E-state index contributed by atoms with van der Waals surface area (Å²) in [5.74, 6) is -0.485. The van der Waals surface area contributed by atoms with Gasteiger partial charge in [0.25, 0.3) is 0 Å². The molecule has 0 saturated carbocycles. The van der Waals surface area contributed by atoms with E-state index in [-0.39, 0.29) is 17.9 Å². The molecule has 0 aliphatic heterocycles. The summed E-state index contributed by atoms with van der Waals surface area (Å²) < 4.78 is 4.93. The first-order valence-electron chi connectivity index (χ1n) is 5.39. The van der Waals surface area contributed by atoms with Gasteiger partial charge in [0.05, 0.1) is 12.3 Å². The van der Waals surface area contributed by atoms with Crippen LogP contribution in [0.2, 0.25) is 0 Å². The Bertz CT molecular complexity index is 448. The number of nitrogens with zero attached hydrogens (tertiary/aromatic N) is 1. The first-order valence-corrected chi connectivity index (χ1v) is 6.20. The van der Waals surface area contributed by atoms with Crippen molar-refractivity contribution in [2.75, 3.05) is 24.2 Å². The number of anilines is 2. The minimum atomic E-state index is -0.485. The van der Waals surface area contributed by atoms with Crippen LogP contribution in [0.1, 0.15) is 35.5 Å². The maximum absolute atomic E-state index is 11.7. The van der Waals surface area contributed by atoms with E-state index in [4.69, 9.17) is 15.7 Å². The predicted octanol–water partition coefficient (Wildman–Crippen LogP) is 2.20. The lowest BCUT2D eigenvalue weighted by Gasteiger charge is -2.06. The smallest absolute Gasteiger partial charge is 0.343 e. The Morgan fingerprint density at radius 2 is 2.29 bits per heavy atom. The molecule has 92 valence electrons. The molecule has 1 rings (SSSR count). The number of thiophene rings is 1. The van der Waals surface area contributed by atoms with E-state index >= 15 is 0 Å². The first kappa shape index (κ1) is 13.3. The van der Waals surface area contributed by atoms with Gasteiger partial charge in [0.1, 0.15) is 21.5 Å². The highest BCUT2D eigenvalue weighted by molar-refractivity contribution is 7.17. The van der Waals surface area contributed by atoms with Gasteiger partial charge in [-0.05, 0) is 13.3 Å². The van der Waals surface area contributed by atoms with E-state index in [9.17, 15) is 4.79 Å². The second kappa shape index (κ2) is 6.11. The average Bonchev–Trinajstić information content (AvgIpc) is 2.63. The van der Waals surface area contributed by atoms with Crippen LogP contribution in [0.5, 0.6) is 0 Å². The number of nitrogens with two attached hydrogens (primary N) is 1. The fourth-order valence-electron chi connectivity index (χ4n) is 1.30. The third-order valence-corrected chi connectivity index (χ3v) is 3.13. The number of hydrogen-bond acceptors (Lipinski definition) is 6. The summed E-state index contributed by atoms with van der Waals surface area (Å²) in [6.45, 7) is 4.74. The van der Waals surface area contributed by atoms with Crippen LogP contribution < -0.4 is 11.1 Å². The van der Waals surface area contributed by atoms with Gasteiger partial charge in [-0.25, -0.2) is 4.79 Å². The van der Waals surface area contributed by atoms with Gasteiger partial charge < -0.3 is 15.8 Å². The zero-order chi connectivity index (χ0) is 12.8. The number of carbonyl (C=O) groups excluding carboxylic acids is 1. The Kier molecular flexibility index (Phi) is 4.79. The number of ether oxygens (including phenoxy) is 1. The topological polar surface area (TPSA) is 88.1 Å². The van der Waals surface area contributed by atoms with Gasteiger partial charge >= 0.3 is 5.97 Å². The number of nitrogens with one attached hydrogen (secondary N) is 1. The van der Waals surface area contributed by atoms with Crippen molar-refractivity contribution in [3.05, 3.63) is 10.4 Å². The summed E-state index contributed by atoms with van der Waals surface area (Å²) in [4.78, 5) is 12.1. The summed E-state index contributed by atoms with van der Waals surface area (Å²) in [5, 5.41) is 12.6. The molecule has 0 aliphatic rings. The molecule has 0 amide bonds. The molecule has 0 aromatic carbocycles. The minimum Gasteiger partial charge on any atom is -0.462 e. The molecule has 0 unspecified atom stereocenters. The number of carbonyl (C=O) groups is 1. The van der Waals surface area contributed by atoms with Crippen LogP contribution in [0.4, 0.5) is 10.7 Å². The molecule has 6 heteroatoms. The molecule has 0 fully saturated rings. The third kappa shape index (κ3) is 2.88. The molecular formula is C11H15N3O2S. The molecule has 5 nitrogen and oxygen atoms in total. The van der Waals surface area contributed by atoms with Gasteiger partial charge in [-0.2, -0.15) is 5.26 Å². The van der Waals surface area contributed by atoms with Gasteiger partial charge in [0, 0.05) is 6.54 Å². The zero-order valence-corrected chi connectivity index (χ0v) is 10.7. The van der Waals surface area contributed by atoms with Crippen LogP contribution in [0.25, 0.3) is 0 Å². The lowest BCUT2D eigenvalue weighted by Crippen LogP contribution is -2.10. The number of nitrogen functional groups attached to an aromatic ring is 1. The molecule has 17 heavy (non-hydrogen) atoms. The fraction of sp³-hybridized carbons (Fsp3) is 0.455. The molecule has 0 aliphatic carbocycles. The van der Waals surface area contributed by atoms with Crippen LogP contribution in [0, 0.1) is 11.3 Å². The summed E-state index contributed by atoms with van der Waals surface area (Å²) >= 11 is 1.18. The maximum Gasteiger partial charge on any atom is 0.343 e. The Balaban J connectivity index is 3.10. The van der Waals surface area contributed by atoms with E-state index in [1.807, 2.05) is 13.0 Å². The fourth-order valence-corrected chi connectivity index (χ4v) is 2.23. The SMILES string of the molecule is CCCNc1sc(C#N)c(N)c1C(=O)OCC. The van der Waals surface area contributed by atoms with Crippen molar-refractivity contribution < 1.29 is 9.53 Å². The third-order valence-electron chi connectivity index (χ3n) is 2.06. The highest BCUT2D eigenvalue weighted by atomic mass is 32.1. The molecule has 0 saturated heterocycles.